The summed E-state index contributed by atoms with van der Waals surface area (Å²) in [6.45, 7) is 14.8. The van der Waals surface area contributed by atoms with Gasteiger partial charge in [-0.15, -0.1) is 0 Å². The largest absolute Gasteiger partial charge is 0.373 e. The maximum absolute atomic E-state index is 6.03. The van der Waals surface area contributed by atoms with Crippen molar-refractivity contribution in [2.45, 2.75) is 65.6 Å². The molecule has 2 heteroatoms. The zero-order valence-corrected chi connectivity index (χ0v) is 11.8. The lowest BCUT2D eigenvalue weighted by Gasteiger charge is -2.40. The van der Waals surface area contributed by atoms with Crippen LogP contribution in [0, 0.1) is 5.92 Å². The quantitative estimate of drug-likeness (QED) is 0.714. The van der Waals surface area contributed by atoms with Gasteiger partial charge in [-0.1, -0.05) is 13.8 Å². The lowest BCUT2D eigenvalue weighted by Crippen LogP contribution is -2.45. The van der Waals surface area contributed by atoms with E-state index in [1.54, 1.807) is 0 Å². The van der Waals surface area contributed by atoms with Gasteiger partial charge in [0.05, 0.1) is 11.7 Å². The van der Waals surface area contributed by atoms with Gasteiger partial charge in [0.25, 0.3) is 0 Å². The van der Waals surface area contributed by atoms with Gasteiger partial charge in [0, 0.05) is 13.1 Å². The van der Waals surface area contributed by atoms with Gasteiger partial charge in [-0.3, -0.25) is 0 Å². The molecule has 0 aromatic heterocycles. The molecule has 1 heterocycles. The van der Waals surface area contributed by atoms with Gasteiger partial charge in [-0.25, -0.2) is 0 Å². The van der Waals surface area contributed by atoms with Gasteiger partial charge in [0.15, 0.2) is 0 Å². The molecule has 0 amide bonds. The third-order valence-corrected chi connectivity index (χ3v) is 3.46. The van der Waals surface area contributed by atoms with Crippen LogP contribution in [0.3, 0.4) is 0 Å². The number of likely N-dealkylation sites (tertiary alicyclic amines) is 1. The number of nitrogens with zero attached hydrogens (tertiary/aromatic N) is 1. The number of hydrogen-bond acceptors (Lipinski definition) is 2. The molecule has 0 aromatic rings. The molecule has 0 aromatic carbocycles. The van der Waals surface area contributed by atoms with Crippen molar-refractivity contribution in [2.24, 2.45) is 5.92 Å². The van der Waals surface area contributed by atoms with Crippen molar-refractivity contribution in [3.63, 3.8) is 0 Å². The fraction of sp³-hybridized carbons (Fsp3) is 1.00. The summed E-state index contributed by atoms with van der Waals surface area (Å²) in [5, 5.41) is 0. The van der Waals surface area contributed by atoms with Gasteiger partial charge in [0.2, 0.25) is 0 Å². The van der Waals surface area contributed by atoms with Gasteiger partial charge < -0.3 is 9.64 Å². The molecule has 0 bridgehead atoms. The molecule has 1 fully saturated rings. The van der Waals surface area contributed by atoms with Crippen LogP contribution in [-0.2, 0) is 4.74 Å². The van der Waals surface area contributed by atoms with Crippen molar-refractivity contribution in [1.82, 2.24) is 4.90 Å². The van der Waals surface area contributed by atoms with Crippen LogP contribution in [0.2, 0.25) is 0 Å². The molecule has 16 heavy (non-hydrogen) atoms. The van der Waals surface area contributed by atoms with E-state index in [1.807, 2.05) is 0 Å². The van der Waals surface area contributed by atoms with Gasteiger partial charge in [-0.05, 0) is 52.5 Å². The van der Waals surface area contributed by atoms with Gasteiger partial charge in [-0.2, -0.15) is 0 Å². The zero-order chi connectivity index (χ0) is 12.2. The molecule has 1 aliphatic rings. The monoisotopic (exact) mass is 227 g/mol. The van der Waals surface area contributed by atoms with Crippen molar-refractivity contribution < 1.29 is 4.74 Å². The summed E-state index contributed by atoms with van der Waals surface area (Å²) in [4.78, 5) is 2.59. The summed E-state index contributed by atoms with van der Waals surface area (Å²) >= 11 is 0. The van der Waals surface area contributed by atoms with E-state index in [-0.39, 0.29) is 5.60 Å². The van der Waals surface area contributed by atoms with Crippen molar-refractivity contribution in [3.05, 3.63) is 0 Å². The van der Waals surface area contributed by atoms with Gasteiger partial charge >= 0.3 is 0 Å². The van der Waals surface area contributed by atoms with Crippen molar-refractivity contribution >= 4 is 0 Å². The number of piperidine rings is 1. The lowest BCUT2D eigenvalue weighted by atomic mass is 9.92. The Morgan fingerprint density at radius 3 is 2.12 bits per heavy atom. The van der Waals surface area contributed by atoms with E-state index in [0.717, 1.165) is 5.92 Å². The SMILES string of the molecule is CC(C)CCN1CCC(C)(OC(C)C)CC1. The number of rotatable bonds is 5. The minimum atomic E-state index is 0.127. The van der Waals surface area contributed by atoms with Crippen LogP contribution in [-0.4, -0.2) is 36.2 Å². The first-order valence-electron chi connectivity index (χ1n) is 6.81. The summed E-state index contributed by atoms with van der Waals surface area (Å²) in [6.07, 6.45) is 4.04. The first kappa shape index (κ1) is 14.0. The highest BCUT2D eigenvalue weighted by molar-refractivity contribution is 4.84. The Morgan fingerprint density at radius 2 is 1.69 bits per heavy atom. The van der Waals surface area contributed by atoms with Crippen molar-refractivity contribution in [3.8, 4) is 0 Å². The average molecular weight is 227 g/mol. The standard InChI is InChI=1S/C14H29NO/c1-12(2)6-9-15-10-7-14(5,8-11-15)16-13(3)4/h12-13H,6-11H2,1-5H3. The molecule has 1 saturated heterocycles. The Morgan fingerprint density at radius 1 is 1.12 bits per heavy atom. The van der Waals surface area contributed by atoms with Gasteiger partial charge in [0.1, 0.15) is 0 Å². The molecule has 2 nitrogen and oxygen atoms in total. The molecular weight excluding hydrogens is 198 g/mol. The van der Waals surface area contributed by atoms with E-state index in [2.05, 4.69) is 39.5 Å². The van der Waals surface area contributed by atoms with Crippen LogP contribution < -0.4 is 0 Å². The van der Waals surface area contributed by atoms with Crippen LogP contribution >= 0.6 is 0 Å². The molecule has 0 N–H and O–H groups in total. The van der Waals surface area contributed by atoms with Crippen LogP contribution in [0.4, 0.5) is 0 Å². The highest BCUT2D eigenvalue weighted by Gasteiger charge is 2.31. The highest BCUT2D eigenvalue weighted by Crippen LogP contribution is 2.27. The molecular formula is C14H29NO. The maximum Gasteiger partial charge on any atom is 0.0682 e. The summed E-state index contributed by atoms with van der Waals surface area (Å²) in [5.41, 5.74) is 0.127. The molecule has 0 unspecified atom stereocenters. The van der Waals surface area contributed by atoms with E-state index < -0.39 is 0 Å². The summed E-state index contributed by atoms with van der Waals surface area (Å²) in [6, 6.07) is 0. The molecule has 0 saturated carbocycles. The van der Waals surface area contributed by atoms with E-state index >= 15 is 0 Å². The predicted octanol–water partition coefficient (Wildman–Crippen LogP) is 3.31. The average Bonchev–Trinajstić information content (AvgIpc) is 2.15. The smallest absolute Gasteiger partial charge is 0.0682 e. The van der Waals surface area contributed by atoms with E-state index in [0.29, 0.717) is 6.10 Å². The van der Waals surface area contributed by atoms with Crippen molar-refractivity contribution in [1.29, 1.82) is 0 Å². The first-order chi connectivity index (χ1) is 7.41. The van der Waals surface area contributed by atoms with Crippen molar-refractivity contribution in [2.75, 3.05) is 19.6 Å². The van der Waals surface area contributed by atoms with E-state index in [1.165, 1.54) is 38.9 Å². The molecule has 1 rings (SSSR count). The fourth-order valence-corrected chi connectivity index (χ4v) is 2.38. The van der Waals surface area contributed by atoms with Crippen LogP contribution in [0.5, 0.6) is 0 Å². The van der Waals surface area contributed by atoms with E-state index in [9.17, 15) is 0 Å². The Balaban J connectivity index is 2.27. The first-order valence-corrected chi connectivity index (χ1v) is 6.81. The third-order valence-electron chi connectivity index (χ3n) is 3.46. The predicted molar refractivity (Wildman–Crippen MR) is 69.8 cm³/mol. The Kier molecular flexibility index (Phi) is 5.26. The normalized spacial score (nSPS) is 21.9. The lowest BCUT2D eigenvalue weighted by molar-refractivity contribution is -0.0999. The Labute approximate surface area is 101 Å². The highest BCUT2D eigenvalue weighted by atomic mass is 16.5. The van der Waals surface area contributed by atoms with Crippen LogP contribution in [0.1, 0.15) is 53.9 Å². The molecule has 0 radical (unpaired) electrons. The van der Waals surface area contributed by atoms with Crippen LogP contribution in [0.25, 0.3) is 0 Å². The van der Waals surface area contributed by atoms with Crippen LogP contribution in [0.15, 0.2) is 0 Å². The van der Waals surface area contributed by atoms with E-state index in [4.69, 9.17) is 4.74 Å². The summed E-state index contributed by atoms with van der Waals surface area (Å²) < 4.78 is 6.03. The summed E-state index contributed by atoms with van der Waals surface area (Å²) in [7, 11) is 0. The second-order valence-corrected chi connectivity index (χ2v) is 6.14. The zero-order valence-electron chi connectivity index (χ0n) is 11.8. The Hall–Kier alpha value is -0.0800. The third kappa shape index (κ3) is 4.84. The molecule has 0 spiro atoms. The minimum Gasteiger partial charge on any atom is -0.373 e. The second kappa shape index (κ2) is 6.02. The summed E-state index contributed by atoms with van der Waals surface area (Å²) in [5.74, 6) is 0.820. The Bertz CT molecular complexity index is 193. The molecule has 96 valence electrons. The topological polar surface area (TPSA) is 12.5 Å². The molecule has 0 aliphatic carbocycles. The fourth-order valence-electron chi connectivity index (χ4n) is 2.38. The number of hydrogen-bond donors (Lipinski definition) is 0. The maximum atomic E-state index is 6.03. The molecule has 0 atom stereocenters. The minimum absolute atomic E-state index is 0.127. The number of ether oxygens (including phenoxy) is 1. The molecule has 1 aliphatic heterocycles. The second-order valence-electron chi connectivity index (χ2n) is 6.14.